The Morgan fingerprint density at radius 3 is 3.04 bits per heavy atom. The van der Waals surface area contributed by atoms with Gasteiger partial charge < -0.3 is 10.4 Å². The first kappa shape index (κ1) is 14.8. The van der Waals surface area contributed by atoms with Crippen LogP contribution in [-0.2, 0) is 12.0 Å². The Bertz CT molecular complexity index is 738. The lowest BCUT2D eigenvalue weighted by Gasteiger charge is -2.34. The van der Waals surface area contributed by atoms with Crippen molar-refractivity contribution in [2.45, 2.75) is 43.6 Å². The van der Waals surface area contributed by atoms with Gasteiger partial charge in [-0.1, -0.05) is 24.3 Å². The van der Waals surface area contributed by atoms with Crippen molar-refractivity contribution in [1.29, 1.82) is 0 Å². The average Bonchev–Trinajstić information content (AvgIpc) is 3.30. The summed E-state index contributed by atoms with van der Waals surface area (Å²) in [5.74, 6) is 0.353. The predicted octanol–water partition coefficient (Wildman–Crippen LogP) is 2.97. The second kappa shape index (κ2) is 5.73. The first-order chi connectivity index (χ1) is 11.2. The van der Waals surface area contributed by atoms with Crippen molar-refractivity contribution in [3.63, 3.8) is 0 Å². The lowest BCUT2D eigenvalue weighted by atomic mass is 9.79. The van der Waals surface area contributed by atoms with Crippen LogP contribution in [0.5, 0.6) is 0 Å². The van der Waals surface area contributed by atoms with E-state index in [-0.39, 0.29) is 12.5 Å². The maximum Gasteiger partial charge on any atom is 0.263 e. The van der Waals surface area contributed by atoms with Crippen LogP contribution in [0.4, 0.5) is 0 Å². The van der Waals surface area contributed by atoms with Crippen LogP contribution in [0.1, 0.15) is 58.1 Å². The number of nitrogens with one attached hydrogen (secondary N) is 1. The molecule has 1 aromatic carbocycles. The molecule has 2 aliphatic rings. The molecule has 0 spiro atoms. The topological polar surface area (TPSA) is 62.2 Å². The Kier molecular flexibility index (Phi) is 3.70. The summed E-state index contributed by atoms with van der Waals surface area (Å²) in [6, 6.07) is 7.99. The number of amides is 1. The summed E-state index contributed by atoms with van der Waals surface area (Å²) in [7, 11) is 0. The second-order valence-electron chi connectivity index (χ2n) is 6.57. The highest BCUT2D eigenvalue weighted by Gasteiger charge is 2.35. The number of aryl methyl sites for hydroxylation is 1. The van der Waals surface area contributed by atoms with E-state index >= 15 is 0 Å². The average molecular weight is 328 g/mol. The third kappa shape index (κ3) is 2.79. The van der Waals surface area contributed by atoms with Crippen molar-refractivity contribution >= 4 is 17.2 Å². The van der Waals surface area contributed by atoms with E-state index in [1.807, 2.05) is 18.2 Å². The number of hydrogen-bond acceptors (Lipinski definition) is 4. The monoisotopic (exact) mass is 328 g/mol. The third-order valence-corrected chi connectivity index (χ3v) is 5.70. The standard InChI is InChI=1S/C18H20N2O2S/c21-17(16-15(13-7-8-13)20-11-23-16)19-10-18(22)9-3-5-12-4-1-2-6-14(12)18/h1-2,4,6,11,13,22H,3,5,7-10H2,(H,19,21)/t18-/m1/s1. The van der Waals surface area contributed by atoms with E-state index in [4.69, 9.17) is 0 Å². The van der Waals surface area contributed by atoms with E-state index in [1.165, 1.54) is 16.9 Å². The first-order valence-electron chi connectivity index (χ1n) is 8.20. The molecule has 4 nitrogen and oxygen atoms in total. The fourth-order valence-corrected chi connectivity index (χ4v) is 4.25. The number of nitrogens with zero attached hydrogens (tertiary/aromatic N) is 1. The third-order valence-electron chi connectivity index (χ3n) is 4.86. The minimum absolute atomic E-state index is 0.106. The molecule has 0 saturated heterocycles. The maximum atomic E-state index is 12.5. The minimum atomic E-state index is -0.963. The van der Waals surface area contributed by atoms with Gasteiger partial charge in [0.05, 0.1) is 17.7 Å². The van der Waals surface area contributed by atoms with Crippen LogP contribution < -0.4 is 5.32 Å². The van der Waals surface area contributed by atoms with Crippen LogP contribution in [0.25, 0.3) is 0 Å². The molecule has 5 heteroatoms. The second-order valence-corrected chi connectivity index (χ2v) is 7.42. The molecule has 2 N–H and O–H groups in total. The summed E-state index contributed by atoms with van der Waals surface area (Å²) >= 11 is 1.39. The SMILES string of the molecule is O=C(NC[C@]1(O)CCCc2ccccc21)c1scnc1C1CC1. The van der Waals surface area contributed by atoms with E-state index in [9.17, 15) is 9.90 Å². The van der Waals surface area contributed by atoms with Gasteiger partial charge in [0.15, 0.2) is 0 Å². The van der Waals surface area contributed by atoms with Gasteiger partial charge in [-0.05, 0) is 43.2 Å². The molecule has 1 amide bonds. The number of thiazole rings is 1. The van der Waals surface area contributed by atoms with Crippen LogP contribution >= 0.6 is 11.3 Å². The predicted molar refractivity (Wildman–Crippen MR) is 89.7 cm³/mol. The summed E-state index contributed by atoms with van der Waals surface area (Å²) in [5.41, 5.74) is 3.86. The fraction of sp³-hybridized carbons (Fsp3) is 0.444. The summed E-state index contributed by atoms with van der Waals surface area (Å²) in [6.45, 7) is 0.255. The van der Waals surface area contributed by atoms with Gasteiger partial charge in [-0.25, -0.2) is 4.98 Å². The molecule has 0 unspecified atom stereocenters. The van der Waals surface area contributed by atoms with E-state index in [0.29, 0.717) is 17.2 Å². The zero-order valence-electron chi connectivity index (χ0n) is 12.9. The number of carbonyl (C=O) groups is 1. The molecule has 4 rings (SSSR count). The van der Waals surface area contributed by atoms with Gasteiger partial charge >= 0.3 is 0 Å². The van der Waals surface area contributed by atoms with E-state index in [0.717, 1.165) is 36.9 Å². The van der Waals surface area contributed by atoms with Crippen LogP contribution in [0, 0.1) is 0 Å². The highest BCUT2D eigenvalue weighted by molar-refractivity contribution is 7.11. The molecule has 2 aliphatic carbocycles. The number of rotatable bonds is 4. The molecule has 1 fully saturated rings. The van der Waals surface area contributed by atoms with Crippen molar-refractivity contribution in [2.75, 3.05) is 6.54 Å². The minimum Gasteiger partial charge on any atom is -0.383 e. The van der Waals surface area contributed by atoms with Gasteiger partial charge in [0, 0.05) is 5.92 Å². The molecule has 23 heavy (non-hydrogen) atoms. The molecular weight excluding hydrogens is 308 g/mol. The summed E-state index contributed by atoms with van der Waals surface area (Å²) in [6.07, 6.45) is 4.87. The van der Waals surface area contributed by atoms with Gasteiger partial charge in [-0.2, -0.15) is 0 Å². The molecule has 0 bridgehead atoms. The Balaban J connectivity index is 1.50. The van der Waals surface area contributed by atoms with Crippen molar-refractivity contribution in [3.05, 3.63) is 51.5 Å². The fourth-order valence-electron chi connectivity index (χ4n) is 3.46. The van der Waals surface area contributed by atoms with Gasteiger partial charge in [0.25, 0.3) is 5.91 Å². The normalized spacial score (nSPS) is 23.3. The molecule has 2 aromatic rings. The van der Waals surface area contributed by atoms with E-state index < -0.39 is 5.60 Å². The van der Waals surface area contributed by atoms with E-state index in [2.05, 4.69) is 16.4 Å². The molecule has 120 valence electrons. The van der Waals surface area contributed by atoms with Crippen molar-refractivity contribution < 1.29 is 9.90 Å². The Morgan fingerprint density at radius 2 is 2.22 bits per heavy atom. The maximum absolute atomic E-state index is 12.5. The van der Waals surface area contributed by atoms with Crippen LogP contribution in [0.15, 0.2) is 29.8 Å². The van der Waals surface area contributed by atoms with Gasteiger partial charge in [0.1, 0.15) is 10.5 Å². The highest BCUT2D eigenvalue weighted by Crippen LogP contribution is 2.42. The zero-order valence-corrected chi connectivity index (χ0v) is 13.7. The summed E-state index contributed by atoms with van der Waals surface area (Å²) in [4.78, 5) is 17.6. The lowest BCUT2D eigenvalue weighted by Crippen LogP contribution is -2.43. The number of carbonyl (C=O) groups excluding carboxylic acids is 1. The summed E-state index contributed by atoms with van der Waals surface area (Å²) < 4.78 is 0. The van der Waals surface area contributed by atoms with Crippen molar-refractivity contribution in [2.24, 2.45) is 0 Å². The van der Waals surface area contributed by atoms with Crippen LogP contribution in [0.2, 0.25) is 0 Å². The smallest absolute Gasteiger partial charge is 0.263 e. The molecule has 1 atom stereocenters. The molecule has 0 aliphatic heterocycles. The quantitative estimate of drug-likeness (QED) is 0.907. The highest BCUT2D eigenvalue weighted by atomic mass is 32.1. The first-order valence-corrected chi connectivity index (χ1v) is 9.08. The van der Waals surface area contributed by atoms with Crippen molar-refractivity contribution in [3.8, 4) is 0 Å². The Hall–Kier alpha value is -1.72. The number of hydrogen-bond donors (Lipinski definition) is 2. The molecule has 1 heterocycles. The van der Waals surface area contributed by atoms with Gasteiger partial charge in [-0.15, -0.1) is 11.3 Å². The molecule has 0 radical (unpaired) electrons. The Labute approximate surface area is 139 Å². The zero-order chi connectivity index (χ0) is 15.9. The van der Waals surface area contributed by atoms with Crippen molar-refractivity contribution in [1.82, 2.24) is 10.3 Å². The lowest BCUT2D eigenvalue weighted by molar-refractivity contribution is 0.0190. The van der Waals surface area contributed by atoms with Gasteiger partial charge in [-0.3, -0.25) is 4.79 Å². The molecule has 1 saturated carbocycles. The Morgan fingerprint density at radius 1 is 1.39 bits per heavy atom. The largest absolute Gasteiger partial charge is 0.383 e. The number of aliphatic hydroxyl groups is 1. The summed E-state index contributed by atoms with van der Waals surface area (Å²) in [5, 5.41) is 14.0. The molecule has 1 aromatic heterocycles. The van der Waals surface area contributed by atoms with Gasteiger partial charge in [0.2, 0.25) is 0 Å². The number of benzene rings is 1. The number of fused-ring (bicyclic) bond motifs is 1. The van der Waals surface area contributed by atoms with Crippen LogP contribution in [-0.4, -0.2) is 22.5 Å². The molecular formula is C18H20N2O2S. The van der Waals surface area contributed by atoms with E-state index in [1.54, 1.807) is 5.51 Å². The van der Waals surface area contributed by atoms with Crippen LogP contribution in [0.3, 0.4) is 0 Å². The number of aromatic nitrogens is 1.